The van der Waals surface area contributed by atoms with Gasteiger partial charge in [0.1, 0.15) is 11.2 Å². The van der Waals surface area contributed by atoms with Crippen molar-refractivity contribution in [2.75, 3.05) is 0 Å². The highest BCUT2D eigenvalue weighted by atomic mass is 16.2. The number of hydrogen-bond donors (Lipinski definition) is 3. The van der Waals surface area contributed by atoms with Crippen LogP contribution in [-0.2, 0) is 11.3 Å². The number of nitrogens with zero attached hydrogens (tertiary/aromatic N) is 2. The van der Waals surface area contributed by atoms with Gasteiger partial charge in [0.05, 0.1) is 10.9 Å². The fourth-order valence-electron chi connectivity index (χ4n) is 2.23. The Morgan fingerprint density at radius 1 is 1.36 bits per heavy atom. The molecule has 2 amide bonds. The summed E-state index contributed by atoms with van der Waals surface area (Å²) in [6.07, 6.45) is 2.88. The van der Waals surface area contributed by atoms with Gasteiger partial charge in [0.25, 0.3) is 11.5 Å². The van der Waals surface area contributed by atoms with Gasteiger partial charge in [-0.15, -0.1) is 0 Å². The summed E-state index contributed by atoms with van der Waals surface area (Å²) in [7, 11) is 0. The van der Waals surface area contributed by atoms with E-state index in [0.29, 0.717) is 6.54 Å². The van der Waals surface area contributed by atoms with Gasteiger partial charge in [-0.1, -0.05) is 13.3 Å². The normalized spacial score (nSPS) is 11.5. The third-order valence-electron chi connectivity index (χ3n) is 3.87. The quantitative estimate of drug-likeness (QED) is 0.668. The van der Waals surface area contributed by atoms with E-state index in [0.717, 1.165) is 12.8 Å². The summed E-state index contributed by atoms with van der Waals surface area (Å²) in [6.45, 7) is 5.33. The number of H-pyrrole nitrogens is 1. The Balaban J connectivity index is 2.50. The fraction of sp³-hybridized carbons (Fsp3) is 0.438. The maximum absolute atomic E-state index is 12.3. The van der Waals surface area contributed by atoms with Gasteiger partial charge < -0.3 is 11.1 Å². The number of nitrogens with one attached hydrogen (secondary N) is 2. The van der Waals surface area contributed by atoms with Gasteiger partial charge in [-0.25, -0.2) is 9.78 Å². The molecule has 4 N–H and O–H groups in total. The van der Waals surface area contributed by atoms with Crippen LogP contribution < -0.4 is 22.3 Å². The molecule has 134 valence electrons. The minimum absolute atomic E-state index is 0.0908. The number of rotatable bonds is 6. The number of primary amides is 1. The molecule has 0 fully saturated rings. The van der Waals surface area contributed by atoms with Crippen LogP contribution in [0.15, 0.2) is 21.9 Å². The van der Waals surface area contributed by atoms with Gasteiger partial charge in [0.15, 0.2) is 0 Å². The zero-order valence-electron chi connectivity index (χ0n) is 14.4. The number of carbonyl (C=O) groups is 2. The summed E-state index contributed by atoms with van der Waals surface area (Å²) in [5.74, 6) is -1.29. The van der Waals surface area contributed by atoms with E-state index in [1.165, 1.54) is 30.7 Å². The van der Waals surface area contributed by atoms with Crippen LogP contribution >= 0.6 is 0 Å². The van der Waals surface area contributed by atoms with Gasteiger partial charge in [-0.2, -0.15) is 0 Å². The number of amides is 2. The minimum atomic E-state index is -1.25. The zero-order chi connectivity index (χ0) is 18.8. The molecule has 9 heteroatoms. The first-order valence-corrected chi connectivity index (χ1v) is 7.92. The molecule has 25 heavy (non-hydrogen) atoms. The van der Waals surface area contributed by atoms with E-state index in [1.807, 2.05) is 6.92 Å². The second-order valence-corrected chi connectivity index (χ2v) is 6.30. The average Bonchev–Trinajstić information content (AvgIpc) is 2.53. The standard InChI is InChI=1S/C16H21N5O4/c1-4-5-6-21-11-10(13(23)19-15(21)25)7-9(8-18-11)12(22)20-16(2,3)14(17)24/h7-8H,4-6H2,1-3H3,(H2,17,24)(H,20,22)(H,19,23,25). The average molecular weight is 347 g/mol. The topological polar surface area (TPSA) is 140 Å². The number of aryl methyl sites for hydroxylation is 1. The van der Waals surface area contributed by atoms with Gasteiger partial charge in [0, 0.05) is 12.7 Å². The number of carbonyl (C=O) groups excluding carboxylic acids is 2. The molecule has 0 saturated carbocycles. The van der Waals surface area contributed by atoms with Gasteiger partial charge >= 0.3 is 5.69 Å². The number of unbranched alkanes of at least 4 members (excludes halogenated alkanes) is 1. The third kappa shape index (κ3) is 3.76. The number of pyridine rings is 1. The summed E-state index contributed by atoms with van der Waals surface area (Å²) in [4.78, 5) is 54.0. The smallest absolute Gasteiger partial charge is 0.329 e. The number of fused-ring (bicyclic) bond motifs is 1. The van der Waals surface area contributed by atoms with E-state index >= 15 is 0 Å². The molecule has 2 aromatic heterocycles. The van der Waals surface area contributed by atoms with E-state index in [1.54, 1.807) is 0 Å². The second-order valence-electron chi connectivity index (χ2n) is 6.30. The fourth-order valence-corrected chi connectivity index (χ4v) is 2.23. The lowest BCUT2D eigenvalue weighted by atomic mass is 10.0. The summed E-state index contributed by atoms with van der Waals surface area (Å²) < 4.78 is 1.37. The second kappa shape index (κ2) is 6.88. The molecular weight excluding hydrogens is 326 g/mol. The first-order chi connectivity index (χ1) is 11.7. The molecule has 0 saturated heterocycles. The molecule has 0 unspecified atom stereocenters. The van der Waals surface area contributed by atoms with Crippen molar-refractivity contribution in [1.82, 2.24) is 19.9 Å². The highest BCUT2D eigenvalue weighted by molar-refractivity contribution is 6.00. The SMILES string of the molecule is CCCCn1c(=O)[nH]c(=O)c2cc(C(=O)NC(C)(C)C(N)=O)cnc21. The van der Waals surface area contributed by atoms with Crippen molar-refractivity contribution >= 4 is 22.8 Å². The van der Waals surface area contributed by atoms with Gasteiger partial charge in [-0.3, -0.25) is 23.9 Å². The first kappa shape index (κ1) is 18.4. The van der Waals surface area contributed by atoms with Crippen molar-refractivity contribution in [3.8, 4) is 0 Å². The highest BCUT2D eigenvalue weighted by Gasteiger charge is 2.27. The van der Waals surface area contributed by atoms with Crippen LogP contribution in [0.3, 0.4) is 0 Å². The van der Waals surface area contributed by atoms with Crippen LogP contribution in [0.5, 0.6) is 0 Å². The molecule has 0 aliphatic carbocycles. The predicted molar refractivity (Wildman–Crippen MR) is 92.3 cm³/mol. The Labute approximate surface area is 143 Å². The van der Waals surface area contributed by atoms with Crippen molar-refractivity contribution in [3.63, 3.8) is 0 Å². The Bertz CT molecular complexity index is 942. The first-order valence-electron chi connectivity index (χ1n) is 7.92. The molecule has 0 atom stereocenters. The number of aromatic amines is 1. The molecule has 2 heterocycles. The van der Waals surface area contributed by atoms with Crippen molar-refractivity contribution in [2.24, 2.45) is 5.73 Å². The Morgan fingerprint density at radius 2 is 2.04 bits per heavy atom. The Morgan fingerprint density at radius 3 is 2.64 bits per heavy atom. The Kier molecular flexibility index (Phi) is 5.05. The Hall–Kier alpha value is -2.97. The summed E-state index contributed by atoms with van der Waals surface area (Å²) >= 11 is 0. The lowest BCUT2D eigenvalue weighted by Crippen LogP contribution is -2.53. The van der Waals surface area contributed by atoms with E-state index in [-0.39, 0.29) is 16.6 Å². The molecule has 0 aliphatic heterocycles. The van der Waals surface area contributed by atoms with Crippen molar-refractivity contribution < 1.29 is 9.59 Å². The van der Waals surface area contributed by atoms with Crippen LogP contribution in [0.1, 0.15) is 44.0 Å². The largest absolute Gasteiger partial charge is 0.368 e. The maximum atomic E-state index is 12.3. The summed E-state index contributed by atoms with van der Waals surface area (Å²) in [5.41, 5.74) is 3.13. The van der Waals surface area contributed by atoms with Crippen LogP contribution in [0, 0.1) is 0 Å². The molecule has 0 bridgehead atoms. The molecule has 0 spiro atoms. The van der Waals surface area contributed by atoms with Crippen LogP contribution in [0.25, 0.3) is 11.0 Å². The predicted octanol–water partition coefficient (Wildman–Crippen LogP) is -0.121. The monoisotopic (exact) mass is 347 g/mol. The van der Waals surface area contributed by atoms with Crippen LogP contribution in [0.4, 0.5) is 0 Å². The van der Waals surface area contributed by atoms with Crippen molar-refractivity contribution in [2.45, 2.75) is 45.7 Å². The van der Waals surface area contributed by atoms with Crippen LogP contribution in [0.2, 0.25) is 0 Å². The lowest BCUT2D eigenvalue weighted by molar-refractivity contribution is -0.122. The summed E-state index contributed by atoms with van der Waals surface area (Å²) in [5, 5.41) is 2.61. The molecule has 2 rings (SSSR count). The number of nitrogens with two attached hydrogens (primary N) is 1. The van der Waals surface area contributed by atoms with Crippen LogP contribution in [-0.4, -0.2) is 31.9 Å². The van der Waals surface area contributed by atoms with Crippen molar-refractivity contribution in [3.05, 3.63) is 38.7 Å². The number of aromatic nitrogens is 3. The third-order valence-corrected chi connectivity index (χ3v) is 3.87. The zero-order valence-corrected chi connectivity index (χ0v) is 14.4. The lowest BCUT2D eigenvalue weighted by Gasteiger charge is -2.22. The van der Waals surface area contributed by atoms with E-state index in [2.05, 4.69) is 15.3 Å². The molecular formula is C16H21N5O4. The molecule has 2 aromatic rings. The molecule has 0 radical (unpaired) electrons. The molecule has 9 nitrogen and oxygen atoms in total. The maximum Gasteiger partial charge on any atom is 0.329 e. The summed E-state index contributed by atoms with van der Waals surface area (Å²) in [6, 6.07) is 1.34. The minimum Gasteiger partial charge on any atom is -0.368 e. The van der Waals surface area contributed by atoms with E-state index in [9.17, 15) is 19.2 Å². The van der Waals surface area contributed by atoms with Crippen molar-refractivity contribution in [1.29, 1.82) is 0 Å². The molecule has 0 aliphatic rings. The van der Waals surface area contributed by atoms with Gasteiger partial charge in [0.2, 0.25) is 5.91 Å². The van der Waals surface area contributed by atoms with E-state index < -0.39 is 28.6 Å². The van der Waals surface area contributed by atoms with Gasteiger partial charge in [-0.05, 0) is 26.3 Å². The van der Waals surface area contributed by atoms with E-state index in [4.69, 9.17) is 5.73 Å². The highest BCUT2D eigenvalue weighted by Crippen LogP contribution is 2.10. The number of hydrogen-bond acceptors (Lipinski definition) is 5. The molecule has 0 aromatic carbocycles.